The van der Waals surface area contributed by atoms with E-state index in [4.69, 9.17) is 4.84 Å². The average molecular weight is 611 g/mol. The number of hydroxylamine groups is 2. The number of carbonyl (C=O) groups is 1. The molecule has 8 atom stereocenters. The number of benzene rings is 1. The number of amides is 1. The highest BCUT2D eigenvalue weighted by Crippen LogP contribution is 2.61. The minimum atomic E-state index is -0.810. The van der Waals surface area contributed by atoms with Gasteiger partial charge in [-0.15, -0.1) is 0 Å². The van der Waals surface area contributed by atoms with Crippen molar-refractivity contribution in [3.8, 4) is 0 Å². The molecule has 1 aliphatic heterocycles. The number of hydrogen-bond acceptors (Lipinski definition) is 7. The van der Waals surface area contributed by atoms with E-state index in [1.807, 2.05) is 6.92 Å². The van der Waals surface area contributed by atoms with Gasteiger partial charge in [-0.3, -0.25) is 9.63 Å². The summed E-state index contributed by atoms with van der Waals surface area (Å²) in [4.78, 5) is 24.9. The second-order valence-corrected chi connectivity index (χ2v) is 14.3. The van der Waals surface area contributed by atoms with E-state index < -0.39 is 24.2 Å². The van der Waals surface area contributed by atoms with Gasteiger partial charge < -0.3 is 25.3 Å². The van der Waals surface area contributed by atoms with Crippen LogP contribution in [-0.2, 0) is 16.2 Å². The SMILES string of the molecule is C/C=C\C(=C/C)CCN(CCN(C)C)c1cccc(CN2OC(CO)[C@@H]([C@H](C)O)[C@H]2C(=O)NC2C[C@H]3C[C@@H](C2C)C3(C)C)c1. The zero-order valence-electron chi connectivity index (χ0n) is 28.4. The number of carbonyl (C=O) groups excluding carboxylic acids is 1. The second kappa shape index (κ2) is 14.9. The fourth-order valence-corrected chi connectivity index (χ4v) is 8.01. The van der Waals surface area contributed by atoms with Gasteiger partial charge in [0, 0.05) is 37.3 Å². The average Bonchev–Trinajstić information content (AvgIpc) is 3.35. The van der Waals surface area contributed by atoms with Crippen molar-refractivity contribution in [2.24, 2.45) is 29.1 Å². The van der Waals surface area contributed by atoms with Gasteiger partial charge in [0.05, 0.1) is 19.3 Å². The number of hydrogen-bond donors (Lipinski definition) is 3. The van der Waals surface area contributed by atoms with Crippen LogP contribution < -0.4 is 10.2 Å². The molecule has 5 rings (SSSR count). The molecule has 3 saturated carbocycles. The van der Waals surface area contributed by atoms with Gasteiger partial charge in [-0.05, 0) is 95.0 Å². The molecule has 0 aromatic heterocycles. The fourth-order valence-electron chi connectivity index (χ4n) is 8.01. The van der Waals surface area contributed by atoms with Crippen LogP contribution in [0.25, 0.3) is 0 Å². The molecular weight excluding hydrogens is 552 g/mol. The number of nitrogens with zero attached hydrogens (tertiary/aromatic N) is 3. The molecule has 4 fully saturated rings. The molecule has 1 amide bonds. The molecule has 1 aromatic rings. The quantitative estimate of drug-likeness (QED) is 0.265. The minimum Gasteiger partial charge on any atom is -0.394 e. The second-order valence-electron chi connectivity index (χ2n) is 14.3. The summed E-state index contributed by atoms with van der Waals surface area (Å²) in [5.74, 6) is 0.988. The Morgan fingerprint density at radius 3 is 2.55 bits per heavy atom. The Labute approximate surface area is 266 Å². The standard InChI is InChI=1S/C36H58N4O4/c1-9-12-26(10-2)15-16-39(18-17-38(7)8)29-14-11-13-27(19-29)22-40-34(33(25(4)42)32(23-41)44-40)35(43)37-31-21-28-20-30(24(31)3)36(28,5)6/h9-14,19,24-25,28,30-34,41-42H,15-18,20-23H2,1-8H3,(H,37,43)/b12-9-,26-10+/t24?,25-,28+,30-,31?,32?,33+,34-/m0/s1. The summed E-state index contributed by atoms with van der Waals surface area (Å²) in [6.07, 6.45) is 8.15. The van der Waals surface area contributed by atoms with Gasteiger partial charge in [-0.25, -0.2) is 0 Å². The largest absolute Gasteiger partial charge is 0.394 e. The maximum absolute atomic E-state index is 14.0. The van der Waals surface area contributed by atoms with Crippen LogP contribution in [0, 0.1) is 29.1 Å². The summed E-state index contributed by atoms with van der Waals surface area (Å²) < 4.78 is 0. The lowest BCUT2D eigenvalue weighted by atomic mass is 9.45. The fraction of sp³-hybridized carbons (Fsp3) is 0.694. The molecule has 0 spiro atoms. The molecule has 8 heteroatoms. The molecule has 246 valence electrons. The first-order chi connectivity index (χ1) is 20.9. The minimum absolute atomic E-state index is 0.113. The summed E-state index contributed by atoms with van der Waals surface area (Å²) in [7, 11) is 4.19. The van der Waals surface area contributed by atoms with E-state index in [1.165, 1.54) is 12.0 Å². The molecule has 2 bridgehead atoms. The van der Waals surface area contributed by atoms with Crippen molar-refractivity contribution in [3.63, 3.8) is 0 Å². The third-order valence-corrected chi connectivity index (χ3v) is 10.9. The van der Waals surface area contributed by atoms with E-state index in [9.17, 15) is 15.0 Å². The predicted octanol–water partition coefficient (Wildman–Crippen LogP) is 4.63. The third-order valence-electron chi connectivity index (χ3n) is 10.9. The van der Waals surface area contributed by atoms with Crippen molar-refractivity contribution in [1.29, 1.82) is 0 Å². The lowest BCUT2D eigenvalue weighted by Crippen LogP contribution is -2.62. The van der Waals surface area contributed by atoms with Crippen LogP contribution in [0.2, 0.25) is 0 Å². The van der Waals surface area contributed by atoms with E-state index in [0.717, 1.165) is 43.7 Å². The Kier molecular flexibility index (Phi) is 11.7. The van der Waals surface area contributed by atoms with Gasteiger partial charge in [0.25, 0.3) is 0 Å². The summed E-state index contributed by atoms with van der Waals surface area (Å²) in [6, 6.07) is 7.87. The normalized spacial score (nSPS) is 30.9. The smallest absolute Gasteiger partial charge is 0.240 e. The first-order valence-electron chi connectivity index (χ1n) is 16.7. The number of aliphatic hydroxyl groups is 2. The van der Waals surface area contributed by atoms with Gasteiger partial charge in [0.15, 0.2) is 0 Å². The highest BCUT2D eigenvalue weighted by molar-refractivity contribution is 5.82. The molecule has 4 aliphatic rings. The van der Waals surface area contributed by atoms with Crippen LogP contribution in [0.4, 0.5) is 5.69 Å². The van der Waals surface area contributed by atoms with Gasteiger partial charge in [-0.2, -0.15) is 5.06 Å². The Bertz CT molecular complexity index is 1160. The van der Waals surface area contributed by atoms with Gasteiger partial charge in [0.1, 0.15) is 12.1 Å². The van der Waals surface area contributed by atoms with Crippen molar-refractivity contribution in [2.75, 3.05) is 45.2 Å². The highest BCUT2D eigenvalue weighted by atomic mass is 16.7. The number of fused-ring (bicyclic) bond motifs is 2. The summed E-state index contributed by atoms with van der Waals surface area (Å²) in [6.45, 7) is 15.7. The monoisotopic (exact) mass is 610 g/mol. The number of rotatable bonds is 14. The third kappa shape index (κ3) is 7.59. The Balaban J connectivity index is 1.53. The van der Waals surface area contributed by atoms with E-state index in [1.54, 1.807) is 12.0 Å². The van der Waals surface area contributed by atoms with E-state index in [2.05, 4.69) is 99.4 Å². The Hall–Kier alpha value is -2.23. The molecule has 0 radical (unpaired) electrons. The van der Waals surface area contributed by atoms with Gasteiger partial charge in [0.2, 0.25) is 5.91 Å². The van der Waals surface area contributed by atoms with E-state index in [0.29, 0.717) is 29.7 Å². The highest BCUT2D eigenvalue weighted by Gasteiger charge is 2.57. The number of aliphatic hydroxyl groups excluding tert-OH is 2. The number of nitrogens with one attached hydrogen (secondary N) is 1. The zero-order valence-corrected chi connectivity index (χ0v) is 28.4. The van der Waals surface area contributed by atoms with Gasteiger partial charge in [-0.1, -0.05) is 56.7 Å². The molecule has 3 aliphatic carbocycles. The molecule has 3 unspecified atom stereocenters. The molecule has 3 N–H and O–H groups in total. The molecule has 44 heavy (non-hydrogen) atoms. The van der Waals surface area contributed by atoms with Crippen LogP contribution in [-0.4, -0.2) is 90.7 Å². The van der Waals surface area contributed by atoms with Crippen LogP contribution in [0.3, 0.4) is 0 Å². The summed E-state index contributed by atoms with van der Waals surface area (Å²) in [5.41, 5.74) is 3.79. The van der Waals surface area contributed by atoms with Crippen molar-refractivity contribution >= 4 is 11.6 Å². The first kappa shape index (κ1) is 34.6. The topological polar surface area (TPSA) is 88.5 Å². The molecule has 8 nitrogen and oxygen atoms in total. The molecule has 1 aromatic carbocycles. The van der Waals surface area contributed by atoms with E-state index >= 15 is 0 Å². The van der Waals surface area contributed by atoms with Crippen molar-refractivity contribution < 1.29 is 19.8 Å². The van der Waals surface area contributed by atoms with Crippen molar-refractivity contribution in [1.82, 2.24) is 15.3 Å². The zero-order chi connectivity index (χ0) is 32.2. The van der Waals surface area contributed by atoms with Crippen LogP contribution in [0.1, 0.15) is 66.4 Å². The van der Waals surface area contributed by atoms with Gasteiger partial charge >= 0.3 is 0 Å². The lowest BCUT2D eigenvalue weighted by Gasteiger charge is -2.62. The lowest BCUT2D eigenvalue weighted by molar-refractivity contribution is -0.183. The van der Waals surface area contributed by atoms with E-state index in [-0.39, 0.29) is 18.6 Å². The maximum atomic E-state index is 14.0. The number of anilines is 1. The summed E-state index contributed by atoms with van der Waals surface area (Å²) in [5, 5.41) is 26.1. The summed E-state index contributed by atoms with van der Waals surface area (Å²) >= 11 is 0. The Morgan fingerprint density at radius 1 is 1.20 bits per heavy atom. The Morgan fingerprint density at radius 2 is 1.95 bits per heavy atom. The van der Waals surface area contributed by atoms with Crippen molar-refractivity contribution in [3.05, 3.63) is 53.6 Å². The van der Waals surface area contributed by atoms with Crippen LogP contribution in [0.5, 0.6) is 0 Å². The molecule has 1 saturated heterocycles. The number of likely N-dealkylation sites (N-methyl/N-ethyl adjacent to an activating group) is 1. The number of allylic oxidation sites excluding steroid dienone is 3. The molecular formula is C36H58N4O4. The van der Waals surface area contributed by atoms with Crippen molar-refractivity contribution in [2.45, 2.75) is 91.6 Å². The first-order valence-corrected chi connectivity index (χ1v) is 16.7. The molecule has 1 heterocycles. The maximum Gasteiger partial charge on any atom is 0.240 e. The van der Waals surface area contributed by atoms with Crippen LogP contribution >= 0.6 is 0 Å². The van der Waals surface area contributed by atoms with Crippen LogP contribution in [0.15, 0.2) is 48.1 Å². The predicted molar refractivity (Wildman–Crippen MR) is 178 cm³/mol.